The van der Waals surface area contributed by atoms with Crippen molar-refractivity contribution in [1.82, 2.24) is 14.9 Å². The van der Waals surface area contributed by atoms with E-state index >= 15 is 0 Å². The van der Waals surface area contributed by atoms with E-state index < -0.39 is 11.8 Å². The van der Waals surface area contributed by atoms with Crippen molar-refractivity contribution < 1.29 is 14.4 Å². The highest BCUT2D eigenvalue weighted by Crippen LogP contribution is 2.32. The summed E-state index contributed by atoms with van der Waals surface area (Å²) in [5.41, 5.74) is 0.872. The van der Waals surface area contributed by atoms with E-state index in [0.29, 0.717) is 19.2 Å². The van der Waals surface area contributed by atoms with Gasteiger partial charge in [-0.2, -0.15) is 0 Å². The molecule has 1 aromatic carbocycles. The Morgan fingerprint density at radius 2 is 1.88 bits per heavy atom. The molecule has 2 amide bonds. The molecule has 8 nitrogen and oxygen atoms in total. The molecule has 0 bridgehead atoms. The van der Waals surface area contributed by atoms with Gasteiger partial charge >= 0.3 is 0 Å². The molecule has 0 spiro atoms. The Kier molecular flexibility index (Phi) is 7.60. The third kappa shape index (κ3) is 5.32. The first-order valence-electron chi connectivity index (χ1n) is 9.00. The van der Waals surface area contributed by atoms with E-state index in [1.165, 1.54) is 17.7 Å². The van der Waals surface area contributed by atoms with Gasteiger partial charge in [0.25, 0.3) is 11.8 Å². The van der Waals surface area contributed by atoms with Gasteiger partial charge in [-0.3, -0.25) is 19.4 Å². The van der Waals surface area contributed by atoms with Gasteiger partial charge in [-0.25, -0.2) is 4.85 Å². The molecular formula is C21H14Br3N5O3. The van der Waals surface area contributed by atoms with E-state index in [0.717, 1.165) is 0 Å². The Labute approximate surface area is 208 Å². The second kappa shape index (κ2) is 10.2. The van der Waals surface area contributed by atoms with Crippen LogP contribution in [0.2, 0.25) is 0 Å². The molecule has 2 N–H and O–H groups in total. The fraction of sp³-hybridized carbons (Fsp3) is 0.0952. The molecule has 3 rings (SSSR count). The smallest absolute Gasteiger partial charge is 0.272 e. The summed E-state index contributed by atoms with van der Waals surface area (Å²) >= 11 is 10.1. The topological polar surface area (TPSA) is 97.4 Å². The summed E-state index contributed by atoms with van der Waals surface area (Å²) in [6.45, 7) is 8.60. The molecular weight excluding hydrogens is 610 g/mol. The van der Waals surface area contributed by atoms with Crippen molar-refractivity contribution in [3.8, 4) is 5.82 Å². The molecule has 3 aromatic rings. The summed E-state index contributed by atoms with van der Waals surface area (Å²) < 4.78 is 3.18. The standard InChI is InChI=1S/C21H14Br3N5O3/c1-11(30)9-27-20(31)14-6-12(22)7-15(24)18(14)28-21(32)17-8-13(23)10-29(17)19-16(25-2)4-3-5-26-19/h3-8,10H,9H2,1H3,(H,27,31)(H,28,32). The largest absolute Gasteiger partial charge is 0.345 e. The lowest BCUT2D eigenvalue weighted by Crippen LogP contribution is -2.29. The normalized spacial score (nSPS) is 10.3. The maximum Gasteiger partial charge on any atom is 0.272 e. The highest BCUT2D eigenvalue weighted by molar-refractivity contribution is 9.11. The number of amides is 2. The zero-order valence-corrected chi connectivity index (χ0v) is 21.2. The molecule has 0 saturated heterocycles. The van der Waals surface area contributed by atoms with Gasteiger partial charge in [0.2, 0.25) is 5.69 Å². The van der Waals surface area contributed by atoms with Crippen LogP contribution in [0.5, 0.6) is 0 Å². The lowest BCUT2D eigenvalue weighted by Gasteiger charge is -2.15. The first-order valence-corrected chi connectivity index (χ1v) is 11.4. The van der Waals surface area contributed by atoms with E-state index in [9.17, 15) is 14.4 Å². The van der Waals surface area contributed by atoms with E-state index in [1.807, 2.05) is 0 Å². The van der Waals surface area contributed by atoms with Gasteiger partial charge in [0.05, 0.1) is 24.4 Å². The summed E-state index contributed by atoms with van der Waals surface area (Å²) in [6.07, 6.45) is 3.16. The summed E-state index contributed by atoms with van der Waals surface area (Å²) in [5, 5.41) is 5.28. The number of anilines is 1. The molecule has 0 radical (unpaired) electrons. The third-order valence-corrected chi connectivity index (χ3v) is 5.69. The van der Waals surface area contributed by atoms with Crippen LogP contribution in [-0.4, -0.2) is 33.7 Å². The zero-order chi connectivity index (χ0) is 23.4. The van der Waals surface area contributed by atoms with Crippen LogP contribution >= 0.6 is 47.8 Å². The van der Waals surface area contributed by atoms with Gasteiger partial charge in [-0.15, -0.1) is 0 Å². The van der Waals surface area contributed by atoms with Gasteiger partial charge in [0.1, 0.15) is 17.3 Å². The Hall–Kier alpha value is -2.81. The highest BCUT2D eigenvalue weighted by Gasteiger charge is 2.22. The minimum atomic E-state index is -0.527. The maximum absolute atomic E-state index is 13.2. The number of ketones is 1. The second-order valence-electron chi connectivity index (χ2n) is 6.52. The molecule has 11 heteroatoms. The van der Waals surface area contributed by atoms with Crippen molar-refractivity contribution in [2.24, 2.45) is 0 Å². The molecule has 0 aliphatic heterocycles. The number of aromatic nitrogens is 2. The number of Topliss-reactive ketones (excluding diaryl/α,β-unsaturated/α-hetero) is 1. The van der Waals surface area contributed by atoms with Crippen molar-refractivity contribution in [1.29, 1.82) is 0 Å². The molecule has 0 atom stereocenters. The van der Waals surface area contributed by atoms with E-state index in [4.69, 9.17) is 6.57 Å². The Morgan fingerprint density at radius 1 is 1.12 bits per heavy atom. The van der Waals surface area contributed by atoms with Crippen LogP contribution in [-0.2, 0) is 4.79 Å². The highest BCUT2D eigenvalue weighted by atomic mass is 79.9. The first-order chi connectivity index (χ1) is 15.2. The second-order valence-corrected chi connectivity index (χ2v) is 9.21. The number of carbonyl (C=O) groups is 3. The van der Waals surface area contributed by atoms with E-state index in [2.05, 4.69) is 68.3 Å². The van der Waals surface area contributed by atoms with Crippen molar-refractivity contribution in [3.63, 3.8) is 0 Å². The van der Waals surface area contributed by atoms with Crippen LogP contribution in [0.3, 0.4) is 0 Å². The van der Waals surface area contributed by atoms with Gasteiger partial charge in [0, 0.05) is 25.8 Å². The molecule has 0 aliphatic carbocycles. The monoisotopic (exact) mass is 621 g/mol. The van der Waals surface area contributed by atoms with Gasteiger partial charge in [0.15, 0.2) is 0 Å². The average molecular weight is 624 g/mol. The molecule has 2 heterocycles. The minimum absolute atomic E-state index is 0.134. The lowest BCUT2D eigenvalue weighted by atomic mass is 10.1. The number of halogens is 3. The van der Waals surface area contributed by atoms with Gasteiger partial charge < -0.3 is 15.2 Å². The zero-order valence-electron chi connectivity index (χ0n) is 16.4. The Bertz CT molecular complexity index is 1280. The first kappa shape index (κ1) is 23.8. The predicted molar refractivity (Wildman–Crippen MR) is 130 cm³/mol. The van der Waals surface area contributed by atoms with Crippen LogP contribution in [0.4, 0.5) is 11.4 Å². The number of hydrogen-bond acceptors (Lipinski definition) is 4. The SMILES string of the molecule is [C-]#[N+]c1cccnc1-n1cc(Br)cc1C(=O)Nc1c(Br)cc(Br)cc1C(=O)NCC(C)=O. The minimum Gasteiger partial charge on any atom is -0.345 e. The van der Waals surface area contributed by atoms with Gasteiger partial charge in [-0.05, 0) is 57.0 Å². The lowest BCUT2D eigenvalue weighted by molar-refractivity contribution is -0.116. The number of benzene rings is 1. The number of nitrogens with one attached hydrogen (secondary N) is 2. The average Bonchev–Trinajstić information content (AvgIpc) is 3.15. The summed E-state index contributed by atoms with van der Waals surface area (Å²) in [7, 11) is 0. The molecule has 162 valence electrons. The number of pyridine rings is 1. The maximum atomic E-state index is 13.2. The van der Waals surface area contributed by atoms with Crippen LogP contribution in [0.15, 0.2) is 56.1 Å². The molecule has 2 aromatic heterocycles. The molecule has 0 aliphatic rings. The Morgan fingerprint density at radius 3 is 2.56 bits per heavy atom. The number of nitrogens with zero attached hydrogens (tertiary/aromatic N) is 3. The van der Waals surface area contributed by atoms with Crippen LogP contribution < -0.4 is 10.6 Å². The molecule has 32 heavy (non-hydrogen) atoms. The quantitative estimate of drug-likeness (QED) is 0.365. The van der Waals surface area contributed by atoms with Crippen LogP contribution in [0, 0.1) is 6.57 Å². The molecule has 0 saturated carbocycles. The predicted octanol–water partition coefficient (Wildman–Crippen LogP) is 5.28. The number of hydrogen-bond donors (Lipinski definition) is 2. The van der Waals surface area contributed by atoms with Crippen molar-refractivity contribution >= 4 is 76.8 Å². The van der Waals surface area contributed by atoms with Crippen LogP contribution in [0.1, 0.15) is 27.8 Å². The summed E-state index contributed by atoms with van der Waals surface area (Å²) in [5.74, 6) is -0.950. The Balaban J connectivity index is 2.01. The van der Waals surface area contributed by atoms with E-state index in [-0.39, 0.29) is 35.0 Å². The van der Waals surface area contributed by atoms with Crippen LogP contribution in [0.25, 0.3) is 10.7 Å². The number of rotatable bonds is 6. The van der Waals surface area contributed by atoms with Crippen molar-refractivity contribution in [2.75, 3.05) is 11.9 Å². The summed E-state index contributed by atoms with van der Waals surface area (Å²) in [4.78, 5) is 44.8. The summed E-state index contributed by atoms with van der Waals surface area (Å²) in [6, 6.07) is 8.05. The van der Waals surface area contributed by atoms with E-state index in [1.54, 1.807) is 36.5 Å². The molecule has 0 fully saturated rings. The van der Waals surface area contributed by atoms with Gasteiger partial charge in [-0.1, -0.05) is 28.1 Å². The fourth-order valence-corrected chi connectivity index (χ4v) is 4.55. The van der Waals surface area contributed by atoms with Crippen molar-refractivity contribution in [3.05, 3.63) is 78.8 Å². The number of carbonyl (C=O) groups excluding carboxylic acids is 3. The molecule has 0 unspecified atom stereocenters. The van der Waals surface area contributed by atoms with Crippen molar-refractivity contribution in [2.45, 2.75) is 6.92 Å². The third-order valence-electron chi connectivity index (χ3n) is 4.17. The fourth-order valence-electron chi connectivity index (χ4n) is 2.80.